The van der Waals surface area contributed by atoms with Crippen LogP contribution in [0.5, 0.6) is 11.5 Å². The molecule has 0 unspecified atom stereocenters. The van der Waals surface area contributed by atoms with Crippen LogP contribution in [0.4, 0.5) is 0 Å². The molecule has 0 saturated carbocycles. The Kier molecular flexibility index (Phi) is 4.88. The van der Waals surface area contributed by atoms with E-state index in [1.165, 1.54) is 11.6 Å². The summed E-state index contributed by atoms with van der Waals surface area (Å²) >= 11 is 1.78. The summed E-state index contributed by atoms with van der Waals surface area (Å²) < 4.78 is 8.01. The lowest BCUT2D eigenvalue weighted by Gasteiger charge is -2.52. The monoisotopic (exact) mass is 475 g/mol. The second-order valence-corrected chi connectivity index (χ2v) is 10.1. The zero-order valence-corrected chi connectivity index (χ0v) is 19.8. The van der Waals surface area contributed by atoms with E-state index in [0.717, 1.165) is 27.5 Å². The molecule has 0 saturated heterocycles. The summed E-state index contributed by atoms with van der Waals surface area (Å²) in [5.41, 5.74) is 2.79. The summed E-state index contributed by atoms with van der Waals surface area (Å²) in [6.07, 6.45) is 1.86. The van der Waals surface area contributed by atoms with Crippen LogP contribution < -0.4 is 15.2 Å². The van der Waals surface area contributed by atoms with Gasteiger partial charge in [0.25, 0.3) is 5.91 Å². The predicted octanol–water partition coefficient (Wildman–Crippen LogP) is 3.86. The smallest absolute Gasteiger partial charge is 0.278 e. The maximum absolute atomic E-state index is 13.7. The number of pyridine rings is 1. The number of aromatic nitrogens is 1. The van der Waals surface area contributed by atoms with Crippen molar-refractivity contribution < 1.29 is 14.6 Å². The molecule has 1 amide bonds. The highest BCUT2D eigenvalue weighted by atomic mass is 32.2. The lowest BCUT2D eigenvalue weighted by Crippen LogP contribution is -2.64. The van der Waals surface area contributed by atoms with Gasteiger partial charge in [0.05, 0.1) is 6.61 Å². The molecule has 4 heterocycles. The Morgan fingerprint density at radius 2 is 1.91 bits per heavy atom. The average Bonchev–Trinajstić information content (AvgIpc) is 2.97. The van der Waals surface area contributed by atoms with Crippen molar-refractivity contribution >= 4 is 17.7 Å². The number of hydrogen-bond donors (Lipinski definition) is 1. The van der Waals surface area contributed by atoms with Gasteiger partial charge < -0.3 is 14.7 Å². The molecule has 3 aliphatic heterocycles. The number of benzene rings is 2. The molecule has 8 heteroatoms. The van der Waals surface area contributed by atoms with E-state index in [1.807, 2.05) is 38.1 Å². The average molecular weight is 476 g/mol. The van der Waals surface area contributed by atoms with Gasteiger partial charge in [-0.2, -0.15) is 0 Å². The summed E-state index contributed by atoms with van der Waals surface area (Å²) in [5, 5.41) is 12.9. The maximum atomic E-state index is 13.7. The van der Waals surface area contributed by atoms with E-state index < -0.39 is 11.2 Å². The zero-order valence-electron chi connectivity index (χ0n) is 19.0. The van der Waals surface area contributed by atoms with Gasteiger partial charge in [-0.25, -0.2) is 0 Å². The molecule has 3 aromatic rings. The van der Waals surface area contributed by atoms with Crippen molar-refractivity contribution in [1.82, 2.24) is 9.58 Å². The quantitative estimate of drug-likeness (QED) is 0.576. The first kappa shape index (κ1) is 21.2. The van der Waals surface area contributed by atoms with E-state index in [2.05, 4.69) is 23.2 Å². The van der Waals surface area contributed by atoms with Crippen LogP contribution in [0, 0.1) is 0 Å². The van der Waals surface area contributed by atoms with Crippen molar-refractivity contribution in [3.8, 4) is 11.5 Å². The van der Waals surface area contributed by atoms with Gasteiger partial charge in [-0.05, 0) is 37.1 Å². The zero-order chi connectivity index (χ0) is 23.6. The molecule has 1 aromatic heterocycles. The number of carbonyl (C=O) groups is 1. The van der Waals surface area contributed by atoms with Crippen LogP contribution in [0.25, 0.3) is 0 Å². The van der Waals surface area contributed by atoms with Gasteiger partial charge >= 0.3 is 0 Å². The Labute approximate surface area is 201 Å². The van der Waals surface area contributed by atoms with E-state index in [1.54, 1.807) is 27.5 Å². The summed E-state index contributed by atoms with van der Waals surface area (Å²) in [6.45, 7) is 4.36. The molecule has 2 aromatic carbocycles. The molecular formula is C26H25N3O4S. The van der Waals surface area contributed by atoms with E-state index in [-0.39, 0.29) is 29.9 Å². The van der Waals surface area contributed by atoms with Crippen LogP contribution >= 0.6 is 11.8 Å². The number of thioether (sulfide) groups is 1. The minimum Gasteiger partial charge on any atom is -0.502 e. The van der Waals surface area contributed by atoms with Crippen molar-refractivity contribution in [2.24, 2.45) is 0 Å². The Hall–Kier alpha value is -3.39. The van der Waals surface area contributed by atoms with Crippen molar-refractivity contribution in [2.75, 3.05) is 11.6 Å². The minimum atomic E-state index is -0.560. The molecule has 0 radical (unpaired) electrons. The normalized spacial score (nSPS) is 20.9. The molecule has 174 valence electrons. The Bertz CT molecular complexity index is 1370. The summed E-state index contributed by atoms with van der Waals surface area (Å²) in [4.78, 5) is 29.0. The third-order valence-corrected chi connectivity index (χ3v) is 7.99. The molecule has 3 aliphatic rings. The molecule has 0 fully saturated rings. The van der Waals surface area contributed by atoms with Gasteiger partial charge in [0.2, 0.25) is 5.43 Å². The first-order valence-electron chi connectivity index (χ1n) is 11.5. The van der Waals surface area contributed by atoms with Gasteiger partial charge in [0.1, 0.15) is 18.0 Å². The number of amides is 1. The number of hydrogen-bond acceptors (Lipinski definition) is 6. The van der Waals surface area contributed by atoms with E-state index in [4.69, 9.17) is 4.74 Å². The molecule has 0 bridgehead atoms. The fourth-order valence-electron chi connectivity index (χ4n) is 5.43. The second-order valence-electron chi connectivity index (χ2n) is 9.08. The Morgan fingerprint density at radius 3 is 2.74 bits per heavy atom. The van der Waals surface area contributed by atoms with Crippen molar-refractivity contribution in [1.29, 1.82) is 0 Å². The number of fused-ring (bicyclic) bond motifs is 6. The SMILES string of the molecule is CC(C)N1C(=O)c2c(O)c(=O)ccn2N2[C@@H]3c4ccccc4SCc4cccc(c43)OCC[C@@H]12. The number of carbonyl (C=O) groups excluding carboxylic acids is 1. The molecule has 0 spiro atoms. The Morgan fingerprint density at radius 1 is 1.09 bits per heavy atom. The van der Waals surface area contributed by atoms with Crippen molar-refractivity contribution in [2.45, 2.75) is 49.2 Å². The second kappa shape index (κ2) is 7.84. The Balaban J connectivity index is 1.71. The molecular weight excluding hydrogens is 450 g/mol. The highest BCUT2D eigenvalue weighted by molar-refractivity contribution is 7.98. The van der Waals surface area contributed by atoms with Crippen LogP contribution in [0.3, 0.4) is 0 Å². The van der Waals surface area contributed by atoms with Gasteiger partial charge in [0.15, 0.2) is 11.4 Å². The minimum absolute atomic E-state index is 0.00681. The molecule has 1 N–H and O–H groups in total. The lowest BCUT2D eigenvalue weighted by atomic mass is 9.91. The number of aromatic hydroxyl groups is 1. The summed E-state index contributed by atoms with van der Waals surface area (Å²) in [5.74, 6) is 0.766. The highest BCUT2D eigenvalue weighted by Crippen LogP contribution is 2.48. The van der Waals surface area contributed by atoms with Crippen LogP contribution in [-0.2, 0) is 5.75 Å². The molecule has 7 nitrogen and oxygen atoms in total. The molecule has 6 rings (SSSR count). The predicted molar refractivity (Wildman–Crippen MR) is 130 cm³/mol. The van der Waals surface area contributed by atoms with Gasteiger partial charge in [-0.1, -0.05) is 30.3 Å². The number of nitrogens with zero attached hydrogens (tertiary/aromatic N) is 3. The summed E-state index contributed by atoms with van der Waals surface area (Å²) in [6, 6.07) is 15.4. The fraction of sp³-hybridized carbons (Fsp3) is 0.308. The highest BCUT2D eigenvalue weighted by Gasteiger charge is 2.46. The van der Waals surface area contributed by atoms with Gasteiger partial charge in [0, 0.05) is 40.9 Å². The van der Waals surface area contributed by atoms with Crippen LogP contribution in [0.1, 0.15) is 53.5 Å². The standard InChI is InChI=1S/C26H25N3O4S/c1-15(2)28-21-11-13-33-19-8-5-6-16-14-34-20-9-4-3-7-17(20)23(22(16)19)29(21)27-12-10-18(30)25(31)24(27)26(28)32/h3-10,12,15,21,23,31H,11,13-14H2,1-2H3/t21-,23+/m0/s1. The van der Waals surface area contributed by atoms with Crippen LogP contribution in [0.15, 0.2) is 64.4 Å². The number of rotatable bonds is 1. The van der Waals surface area contributed by atoms with E-state index in [0.29, 0.717) is 13.0 Å². The first-order chi connectivity index (χ1) is 16.5. The van der Waals surface area contributed by atoms with Crippen LogP contribution in [-0.4, -0.2) is 39.4 Å². The third kappa shape index (κ3) is 2.98. The lowest BCUT2D eigenvalue weighted by molar-refractivity contribution is 0.0407. The van der Waals surface area contributed by atoms with Gasteiger partial charge in [-0.15, -0.1) is 11.8 Å². The van der Waals surface area contributed by atoms with Gasteiger partial charge in [-0.3, -0.25) is 19.3 Å². The first-order valence-corrected chi connectivity index (χ1v) is 12.5. The molecule has 2 atom stereocenters. The molecule has 34 heavy (non-hydrogen) atoms. The van der Waals surface area contributed by atoms with Crippen LogP contribution in [0.2, 0.25) is 0 Å². The topological polar surface area (TPSA) is 75.0 Å². The number of ether oxygens (including phenoxy) is 1. The maximum Gasteiger partial charge on any atom is 0.278 e. The fourth-order valence-corrected chi connectivity index (χ4v) is 6.52. The van der Waals surface area contributed by atoms with E-state index in [9.17, 15) is 14.7 Å². The molecule has 0 aliphatic carbocycles. The third-order valence-electron chi connectivity index (χ3n) is 6.85. The van der Waals surface area contributed by atoms with E-state index >= 15 is 0 Å². The largest absolute Gasteiger partial charge is 0.502 e. The summed E-state index contributed by atoms with van der Waals surface area (Å²) in [7, 11) is 0. The van der Waals surface area contributed by atoms with Crippen molar-refractivity contribution in [3.05, 3.63) is 87.3 Å². The van der Waals surface area contributed by atoms with Crippen molar-refractivity contribution in [3.63, 3.8) is 0 Å².